The molecule has 2 nitrogen and oxygen atoms in total. The Kier molecular flexibility index (Phi) is 3.88. The molecule has 0 spiro atoms. The molecule has 0 amide bonds. The van der Waals surface area contributed by atoms with Crippen LogP contribution in [-0.4, -0.2) is 13.1 Å². The SMILES string of the molecule is CC(c1cccc(F)c1F)N1CCNCc2ccccc21. The zero-order valence-corrected chi connectivity index (χ0v) is 11.9. The number of fused-ring (bicyclic) bond motifs is 1. The van der Waals surface area contributed by atoms with E-state index >= 15 is 0 Å². The van der Waals surface area contributed by atoms with Crippen LogP contribution in [0.1, 0.15) is 24.1 Å². The van der Waals surface area contributed by atoms with E-state index in [-0.39, 0.29) is 6.04 Å². The minimum Gasteiger partial charge on any atom is -0.363 e. The number of benzene rings is 2. The highest BCUT2D eigenvalue weighted by Crippen LogP contribution is 2.32. The third kappa shape index (κ3) is 2.63. The van der Waals surface area contributed by atoms with Crippen molar-refractivity contribution in [1.29, 1.82) is 0 Å². The van der Waals surface area contributed by atoms with Gasteiger partial charge in [0.2, 0.25) is 0 Å². The molecular formula is C17H18F2N2. The van der Waals surface area contributed by atoms with Gasteiger partial charge in [0.05, 0.1) is 6.04 Å². The molecule has 3 rings (SSSR count). The van der Waals surface area contributed by atoms with E-state index < -0.39 is 11.6 Å². The highest BCUT2D eigenvalue weighted by atomic mass is 19.2. The fourth-order valence-corrected chi connectivity index (χ4v) is 2.90. The molecule has 1 N–H and O–H groups in total. The predicted octanol–water partition coefficient (Wildman–Crippen LogP) is 3.64. The lowest BCUT2D eigenvalue weighted by Crippen LogP contribution is -2.32. The molecule has 0 aromatic heterocycles. The summed E-state index contributed by atoms with van der Waals surface area (Å²) < 4.78 is 27.5. The molecule has 4 heteroatoms. The third-order valence-corrected chi connectivity index (χ3v) is 4.05. The molecule has 0 saturated carbocycles. The minimum absolute atomic E-state index is 0.221. The highest BCUT2D eigenvalue weighted by Gasteiger charge is 2.23. The Morgan fingerprint density at radius 2 is 1.90 bits per heavy atom. The molecule has 1 atom stereocenters. The summed E-state index contributed by atoms with van der Waals surface area (Å²) in [5.74, 6) is -1.54. The van der Waals surface area contributed by atoms with Crippen LogP contribution in [0.4, 0.5) is 14.5 Å². The third-order valence-electron chi connectivity index (χ3n) is 4.05. The Balaban J connectivity index is 2.01. The van der Waals surface area contributed by atoms with Gasteiger partial charge in [0, 0.05) is 30.9 Å². The maximum atomic E-state index is 14.1. The quantitative estimate of drug-likeness (QED) is 0.907. The van der Waals surface area contributed by atoms with Crippen molar-refractivity contribution in [2.45, 2.75) is 19.5 Å². The lowest BCUT2D eigenvalue weighted by atomic mass is 10.0. The van der Waals surface area contributed by atoms with Crippen molar-refractivity contribution < 1.29 is 8.78 Å². The number of halogens is 2. The molecule has 0 fully saturated rings. The van der Waals surface area contributed by atoms with Gasteiger partial charge in [-0.1, -0.05) is 30.3 Å². The summed E-state index contributed by atoms with van der Waals surface area (Å²) in [4.78, 5) is 2.13. The van der Waals surface area contributed by atoms with Crippen LogP contribution >= 0.6 is 0 Å². The van der Waals surface area contributed by atoms with Crippen LogP contribution in [0.3, 0.4) is 0 Å². The molecule has 0 saturated heterocycles. The molecule has 1 heterocycles. The predicted molar refractivity (Wildman–Crippen MR) is 80.3 cm³/mol. The van der Waals surface area contributed by atoms with Crippen LogP contribution in [0.2, 0.25) is 0 Å². The van der Waals surface area contributed by atoms with Crippen LogP contribution in [0, 0.1) is 11.6 Å². The average Bonchev–Trinajstić information content (AvgIpc) is 2.72. The number of nitrogens with zero attached hydrogens (tertiary/aromatic N) is 1. The maximum absolute atomic E-state index is 14.1. The van der Waals surface area contributed by atoms with Crippen molar-refractivity contribution in [1.82, 2.24) is 5.32 Å². The molecule has 0 aliphatic carbocycles. The fourth-order valence-electron chi connectivity index (χ4n) is 2.90. The van der Waals surface area contributed by atoms with Gasteiger partial charge in [-0.25, -0.2) is 8.78 Å². The van der Waals surface area contributed by atoms with Crippen LogP contribution < -0.4 is 10.2 Å². The van der Waals surface area contributed by atoms with E-state index in [1.807, 2.05) is 25.1 Å². The first kappa shape index (κ1) is 14.0. The average molecular weight is 288 g/mol. The van der Waals surface area contributed by atoms with E-state index in [0.29, 0.717) is 5.56 Å². The van der Waals surface area contributed by atoms with Gasteiger partial charge >= 0.3 is 0 Å². The van der Waals surface area contributed by atoms with Crippen molar-refractivity contribution in [3.8, 4) is 0 Å². The van der Waals surface area contributed by atoms with E-state index in [1.54, 1.807) is 12.1 Å². The first-order valence-corrected chi connectivity index (χ1v) is 7.17. The molecular weight excluding hydrogens is 270 g/mol. The summed E-state index contributed by atoms with van der Waals surface area (Å²) >= 11 is 0. The van der Waals surface area contributed by atoms with Gasteiger partial charge in [0.1, 0.15) is 0 Å². The number of para-hydroxylation sites is 1. The van der Waals surface area contributed by atoms with Gasteiger partial charge in [-0.05, 0) is 24.6 Å². The van der Waals surface area contributed by atoms with Crippen molar-refractivity contribution in [3.05, 3.63) is 65.2 Å². The van der Waals surface area contributed by atoms with Crippen LogP contribution in [0.5, 0.6) is 0 Å². The van der Waals surface area contributed by atoms with Gasteiger partial charge in [0.15, 0.2) is 11.6 Å². The van der Waals surface area contributed by atoms with E-state index in [0.717, 1.165) is 31.4 Å². The van der Waals surface area contributed by atoms with Gasteiger partial charge in [0.25, 0.3) is 0 Å². The van der Waals surface area contributed by atoms with Gasteiger partial charge in [-0.3, -0.25) is 0 Å². The fraction of sp³-hybridized carbons (Fsp3) is 0.294. The number of hydrogen-bond donors (Lipinski definition) is 1. The van der Waals surface area contributed by atoms with Gasteiger partial charge in [-0.2, -0.15) is 0 Å². The van der Waals surface area contributed by atoms with Crippen LogP contribution in [0.15, 0.2) is 42.5 Å². The Morgan fingerprint density at radius 1 is 1.10 bits per heavy atom. The first-order chi connectivity index (χ1) is 10.2. The summed E-state index contributed by atoms with van der Waals surface area (Å²) in [6, 6.07) is 12.2. The zero-order chi connectivity index (χ0) is 14.8. The largest absolute Gasteiger partial charge is 0.363 e. The monoisotopic (exact) mass is 288 g/mol. The molecule has 0 radical (unpaired) electrons. The number of rotatable bonds is 2. The lowest BCUT2D eigenvalue weighted by Gasteiger charge is -2.31. The maximum Gasteiger partial charge on any atom is 0.164 e. The molecule has 1 aliphatic rings. The summed E-state index contributed by atoms with van der Waals surface area (Å²) in [6.07, 6.45) is 0. The summed E-state index contributed by atoms with van der Waals surface area (Å²) in [7, 11) is 0. The van der Waals surface area contributed by atoms with Crippen LogP contribution in [-0.2, 0) is 6.54 Å². The summed E-state index contributed by atoms with van der Waals surface area (Å²) in [5, 5.41) is 3.36. The molecule has 0 bridgehead atoms. The summed E-state index contributed by atoms with van der Waals surface area (Å²) in [6.45, 7) is 4.29. The lowest BCUT2D eigenvalue weighted by molar-refractivity contribution is 0.487. The number of anilines is 1. The van der Waals surface area contributed by atoms with Crippen LogP contribution in [0.25, 0.3) is 0 Å². The Labute approximate surface area is 123 Å². The van der Waals surface area contributed by atoms with Gasteiger partial charge < -0.3 is 10.2 Å². The second-order valence-corrected chi connectivity index (χ2v) is 5.32. The van der Waals surface area contributed by atoms with E-state index in [9.17, 15) is 8.78 Å². The molecule has 21 heavy (non-hydrogen) atoms. The van der Waals surface area contributed by atoms with E-state index in [2.05, 4.69) is 16.3 Å². The molecule has 1 aliphatic heterocycles. The summed E-state index contributed by atoms with van der Waals surface area (Å²) in [5.41, 5.74) is 2.66. The van der Waals surface area contributed by atoms with E-state index in [1.165, 1.54) is 5.56 Å². The molecule has 2 aromatic rings. The number of hydrogen-bond acceptors (Lipinski definition) is 2. The first-order valence-electron chi connectivity index (χ1n) is 7.17. The Bertz CT molecular complexity index is 642. The number of nitrogens with one attached hydrogen (secondary N) is 1. The van der Waals surface area contributed by atoms with Gasteiger partial charge in [-0.15, -0.1) is 0 Å². The topological polar surface area (TPSA) is 15.3 Å². The molecule has 110 valence electrons. The smallest absolute Gasteiger partial charge is 0.164 e. The van der Waals surface area contributed by atoms with Crippen molar-refractivity contribution in [3.63, 3.8) is 0 Å². The molecule has 2 aromatic carbocycles. The second-order valence-electron chi connectivity index (χ2n) is 5.32. The Morgan fingerprint density at radius 3 is 2.76 bits per heavy atom. The zero-order valence-electron chi connectivity index (χ0n) is 11.9. The minimum atomic E-state index is -0.791. The molecule has 1 unspecified atom stereocenters. The second kappa shape index (κ2) is 5.82. The van der Waals surface area contributed by atoms with Crippen molar-refractivity contribution in [2.75, 3.05) is 18.0 Å². The Hall–Kier alpha value is -1.94. The van der Waals surface area contributed by atoms with Crippen molar-refractivity contribution >= 4 is 5.69 Å². The highest BCUT2D eigenvalue weighted by molar-refractivity contribution is 5.56. The van der Waals surface area contributed by atoms with Crippen molar-refractivity contribution in [2.24, 2.45) is 0 Å². The normalized spacial score (nSPS) is 16.2. The van der Waals surface area contributed by atoms with E-state index in [4.69, 9.17) is 0 Å². The standard InChI is InChI=1S/C17H18F2N2/c1-12(14-6-4-7-15(18)17(14)19)21-10-9-20-11-13-5-2-3-8-16(13)21/h2-8,12,20H,9-11H2,1H3.